The van der Waals surface area contributed by atoms with Crippen molar-refractivity contribution in [2.75, 3.05) is 72.1 Å². The minimum Gasteiger partial charge on any atom is -0.378 e. The molecule has 1 N–H and O–H groups in total. The van der Waals surface area contributed by atoms with Gasteiger partial charge in [0.2, 0.25) is 5.91 Å². The van der Waals surface area contributed by atoms with Crippen LogP contribution in [0.1, 0.15) is 12.5 Å². The Morgan fingerprint density at radius 3 is 2.45 bits per heavy atom. The smallest absolute Gasteiger partial charge is 0.236 e. The molecule has 0 spiro atoms. The van der Waals surface area contributed by atoms with Crippen molar-refractivity contribution in [3.05, 3.63) is 48.0 Å². The summed E-state index contributed by atoms with van der Waals surface area (Å²) in [6.45, 7) is 10.5. The molecular formula is C25H36IN5O2. The zero-order valence-corrected chi connectivity index (χ0v) is 21.9. The van der Waals surface area contributed by atoms with Crippen molar-refractivity contribution in [1.29, 1.82) is 0 Å². The van der Waals surface area contributed by atoms with Crippen LogP contribution in [0.5, 0.6) is 0 Å². The van der Waals surface area contributed by atoms with E-state index < -0.39 is 0 Å². The molecule has 2 fully saturated rings. The molecule has 33 heavy (non-hydrogen) atoms. The Morgan fingerprint density at radius 1 is 0.970 bits per heavy atom. The Morgan fingerprint density at radius 2 is 1.70 bits per heavy atom. The summed E-state index contributed by atoms with van der Waals surface area (Å²) in [5.41, 5.74) is 1.34. The first-order valence-electron chi connectivity index (χ1n) is 11.8. The number of hydrogen-bond donors (Lipinski definition) is 1. The van der Waals surface area contributed by atoms with Crippen molar-refractivity contribution in [3.8, 4) is 0 Å². The average molecular weight is 566 g/mol. The number of carbonyl (C=O) groups is 1. The molecule has 8 heteroatoms. The fourth-order valence-corrected chi connectivity index (χ4v) is 4.44. The topological polar surface area (TPSA) is 60.4 Å². The number of benzene rings is 2. The summed E-state index contributed by atoms with van der Waals surface area (Å²) in [5, 5.41) is 6.05. The van der Waals surface area contributed by atoms with Crippen LogP contribution in [0.4, 0.5) is 0 Å². The number of halogens is 1. The van der Waals surface area contributed by atoms with Crippen molar-refractivity contribution in [2.45, 2.75) is 13.3 Å². The fourth-order valence-electron chi connectivity index (χ4n) is 4.44. The average Bonchev–Trinajstić information content (AvgIpc) is 2.85. The molecule has 2 saturated heterocycles. The highest BCUT2D eigenvalue weighted by molar-refractivity contribution is 14.0. The number of carbonyl (C=O) groups excluding carboxylic acids is 1. The lowest BCUT2D eigenvalue weighted by Gasteiger charge is -2.37. The summed E-state index contributed by atoms with van der Waals surface area (Å²) < 4.78 is 5.35. The number of hydrogen-bond acceptors (Lipinski definition) is 4. The minimum atomic E-state index is 0. The first-order chi connectivity index (χ1) is 15.7. The molecule has 0 bridgehead atoms. The summed E-state index contributed by atoms with van der Waals surface area (Å²) in [6, 6.07) is 15.0. The third kappa shape index (κ3) is 7.04. The van der Waals surface area contributed by atoms with E-state index in [2.05, 4.69) is 64.5 Å². The van der Waals surface area contributed by atoms with Gasteiger partial charge in [0.05, 0.1) is 19.8 Å². The van der Waals surface area contributed by atoms with Crippen molar-refractivity contribution in [2.24, 2.45) is 4.99 Å². The zero-order chi connectivity index (χ0) is 22.2. The highest BCUT2D eigenvalue weighted by Gasteiger charge is 2.24. The van der Waals surface area contributed by atoms with E-state index in [-0.39, 0.29) is 29.9 Å². The van der Waals surface area contributed by atoms with E-state index in [0.717, 1.165) is 51.6 Å². The van der Waals surface area contributed by atoms with Gasteiger partial charge in [-0.2, -0.15) is 0 Å². The Bertz CT molecular complexity index is 919. The van der Waals surface area contributed by atoms with Gasteiger partial charge in [-0.15, -0.1) is 24.0 Å². The van der Waals surface area contributed by atoms with Crippen LogP contribution in [0.15, 0.2) is 47.5 Å². The molecule has 0 aromatic heterocycles. The summed E-state index contributed by atoms with van der Waals surface area (Å²) in [6.07, 6.45) is 0.921. The van der Waals surface area contributed by atoms with E-state index in [0.29, 0.717) is 32.8 Å². The van der Waals surface area contributed by atoms with Gasteiger partial charge in [-0.05, 0) is 29.7 Å². The molecular weight excluding hydrogens is 529 g/mol. The maximum atomic E-state index is 12.5. The normalized spacial score (nSPS) is 17.7. The van der Waals surface area contributed by atoms with Gasteiger partial charge < -0.3 is 19.9 Å². The van der Waals surface area contributed by atoms with E-state index in [1.165, 1.54) is 16.3 Å². The van der Waals surface area contributed by atoms with E-state index in [1.807, 2.05) is 4.90 Å². The molecule has 2 aromatic carbocycles. The molecule has 0 saturated carbocycles. The molecule has 7 nitrogen and oxygen atoms in total. The van der Waals surface area contributed by atoms with Crippen LogP contribution in [0.3, 0.4) is 0 Å². The summed E-state index contributed by atoms with van der Waals surface area (Å²) in [4.78, 5) is 24.0. The first kappa shape index (κ1) is 25.7. The fraction of sp³-hybridized carbons (Fsp3) is 0.520. The second kappa shape index (κ2) is 13.1. The van der Waals surface area contributed by atoms with Crippen LogP contribution in [-0.2, 0) is 16.0 Å². The van der Waals surface area contributed by atoms with E-state index >= 15 is 0 Å². The van der Waals surface area contributed by atoms with E-state index in [4.69, 9.17) is 9.73 Å². The van der Waals surface area contributed by atoms with Crippen LogP contribution in [0.2, 0.25) is 0 Å². The van der Waals surface area contributed by atoms with Crippen LogP contribution < -0.4 is 5.32 Å². The number of aliphatic imine (C=N–C) groups is 1. The van der Waals surface area contributed by atoms with Crippen LogP contribution >= 0.6 is 24.0 Å². The largest absolute Gasteiger partial charge is 0.378 e. The van der Waals surface area contributed by atoms with Gasteiger partial charge in [0.1, 0.15) is 0 Å². The van der Waals surface area contributed by atoms with Gasteiger partial charge in [0.15, 0.2) is 5.96 Å². The molecule has 2 aliphatic heterocycles. The molecule has 1 amide bonds. The molecule has 0 aliphatic carbocycles. The van der Waals surface area contributed by atoms with Crippen molar-refractivity contribution >= 4 is 46.6 Å². The maximum absolute atomic E-state index is 12.5. The van der Waals surface area contributed by atoms with Gasteiger partial charge in [-0.1, -0.05) is 42.5 Å². The number of fused-ring (bicyclic) bond motifs is 1. The van der Waals surface area contributed by atoms with Crippen LogP contribution in [0, 0.1) is 0 Å². The highest BCUT2D eigenvalue weighted by atomic mass is 127. The summed E-state index contributed by atoms with van der Waals surface area (Å²) in [7, 11) is 0. The van der Waals surface area contributed by atoms with Gasteiger partial charge in [0, 0.05) is 52.4 Å². The maximum Gasteiger partial charge on any atom is 0.236 e. The Hall–Kier alpha value is -1.91. The lowest BCUT2D eigenvalue weighted by atomic mass is 10.0. The molecule has 180 valence electrons. The monoisotopic (exact) mass is 565 g/mol. The van der Waals surface area contributed by atoms with E-state index in [9.17, 15) is 4.79 Å². The Balaban J connectivity index is 0.00000306. The Kier molecular flexibility index (Phi) is 10.2. The number of morpholine rings is 1. The van der Waals surface area contributed by atoms with E-state index in [1.54, 1.807) is 0 Å². The van der Waals surface area contributed by atoms with Gasteiger partial charge in [-0.3, -0.25) is 14.7 Å². The van der Waals surface area contributed by atoms with Crippen molar-refractivity contribution < 1.29 is 9.53 Å². The quantitative estimate of drug-likeness (QED) is 0.332. The standard InChI is InChI=1S/C25H35N5O2.HI/c1-2-26-25(27-11-10-22-8-5-7-21-6-3-4-9-23(21)22)30-14-12-28(13-15-30)20-24(31)29-16-18-32-19-17-29;/h3-9H,2,10-20H2,1H3,(H,26,27);1H. The predicted octanol–water partition coefficient (Wildman–Crippen LogP) is 2.44. The SMILES string of the molecule is CCNC(=NCCc1cccc2ccccc12)N1CCN(CC(=O)N2CCOCC2)CC1.I. The number of ether oxygens (including phenoxy) is 1. The molecule has 0 unspecified atom stereocenters. The number of amides is 1. The van der Waals surface area contributed by atoms with Gasteiger partial charge >= 0.3 is 0 Å². The third-order valence-corrected chi connectivity index (χ3v) is 6.25. The molecule has 2 aliphatic rings. The van der Waals surface area contributed by atoms with Crippen LogP contribution in [-0.4, -0.2) is 98.7 Å². The second-order valence-electron chi connectivity index (χ2n) is 8.38. The number of rotatable bonds is 6. The second-order valence-corrected chi connectivity index (χ2v) is 8.38. The first-order valence-corrected chi connectivity index (χ1v) is 11.8. The molecule has 2 heterocycles. The molecule has 0 radical (unpaired) electrons. The predicted molar refractivity (Wildman–Crippen MR) is 144 cm³/mol. The van der Waals surface area contributed by atoms with Gasteiger partial charge in [0.25, 0.3) is 0 Å². The number of guanidine groups is 1. The molecule has 4 rings (SSSR count). The lowest BCUT2D eigenvalue weighted by Crippen LogP contribution is -2.55. The molecule has 2 aromatic rings. The highest BCUT2D eigenvalue weighted by Crippen LogP contribution is 2.19. The number of piperazine rings is 1. The van der Waals surface area contributed by atoms with Crippen molar-refractivity contribution in [3.63, 3.8) is 0 Å². The summed E-state index contributed by atoms with van der Waals surface area (Å²) >= 11 is 0. The lowest BCUT2D eigenvalue weighted by molar-refractivity contribution is -0.136. The number of nitrogens with zero attached hydrogens (tertiary/aromatic N) is 4. The Labute approximate surface area is 214 Å². The minimum absolute atomic E-state index is 0. The zero-order valence-electron chi connectivity index (χ0n) is 19.5. The third-order valence-electron chi connectivity index (χ3n) is 6.25. The summed E-state index contributed by atoms with van der Waals surface area (Å²) in [5.74, 6) is 1.20. The number of nitrogens with one attached hydrogen (secondary N) is 1. The van der Waals surface area contributed by atoms with Crippen LogP contribution in [0.25, 0.3) is 10.8 Å². The van der Waals surface area contributed by atoms with Crippen molar-refractivity contribution in [1.82, 2.24) is 20.0 Å². The van der Waals surface area contributed by atoms with Gasteiger partial charge in [-0.25, -0.2) is 0 Å². The molecule has 0 atom stereocenters.